The Morgan fingerprint density at radius 2 is 2.19 bits per heavy atom. The molecule has 21 heavy (non-hydrogen) atoms. The monoisotopic (exact) mass is 278 g/mol. The third-order valence-corrected chi connectivity index (χ3v) is 3.02. The lowest BCUT2D eigenvalue weighted by atomic mass is 10.3. The molecule has 5 heteroatoms. The van der Waals surface area contributed by atoms with Crippen LogP contribution in [-0.2, 0) is 4.79 Å². The molecule has 0 saturated heterocycles. The maximum absolute atomic E-state index is 11.9. The van der Waals surface area contributed by atoms with Gasteiger partial charge >= 0.3 is 0 Å². The van der Waals surface area contributed by atoms with Crippen LogP contribution in [0.1, 0.15) is 11.4 Å². The molecule has 3 rings (SSSR count). The molecule has 3 aromatic heterocycles. The number of nitrogens with one attached hydrogen (secondary N) is 1. The minimum Gasteiger partial charge on any atom is -0.322 e. The van der Waals surface area contributed by atoms with Gasteiger partial charge in [-0.3, -0.25) is 9.78 Å². The zero-order valence-corrected chi connectivity index (χ0v) is 11.5. The Kier molecular flexibility index (Phi) is 3.47. The Balaban J connectivity index is 1.75. The Bertz CT molecular complexity index is 820. The highest BCUT2D eigenvalue weighted by Crippen LogP contribution is 2.09. The number of hydrogen-bond acceptors (Lipinski definition) is 3. The summed E-state index contributed by atoms with van der Waals surface area (Å²) in [5, 5.41) is 2.80. The number of nitrogens with zero attached hydrogens (tertiary/aromatic N) is 3. The van der Waals surface area contributed by atoms with E-state index in [1.54, 1.807) is 24.5 Å². The van der Waals surface area contributed by atoms with Crippen LogP contribution in [0.25, 0.3) is 11.7 Å². The van der Waals surface area contributed by atoms with Crippen molar-refractivity contribution in [1.29, 1.82) is 0 Å². The molecule has 3 aromatic rings. The highest BCUT2D eigenvalue weighted by Gasteiger charge is 2.01. The van der Waals surface area contributed by atoms with E-state index in [-0.39, 0.29) is 5.91 Å². The Morgan fingerprint density at radius 1 is 1.29 bits per heavy atom. The van der Waals surface area contributed by atoms with Crippen LogP contribution in [-0.4, -0.2) is 20.3 Å². The fourth-order valence-electron chi connectivity index (χ4n) is 2.04. The average molecular weight is 278 g/mol. The van der Waals surface area contributed by atoms with E-state index in [1.165, 1.54) is 6.08 Å². The molecule has 0 aliphatic heterocycles. The summed E-state index contributed by atoms with van der Waals surface area (Å²) in [4.78, 5) is 20.3. The summed E-state index contributed by atoms with van der Waals surface area (Å²) >= 11 is 0. The molecule has 0 unspecified atom stereocenters. The maximum atomic E-state index is 11.9. The van der Waals surface area contributed by atoms with Crippen LogP contribution in [0.15, 0.2) is 55.0 Å². The highest BCUT2D eigenvalue weighted by molar-refractivity contribution is 6.01. The molecule has 0 bridgehead atoms. The molecule has 104 valence electrons. The standard InChI is InChI=1S/C16H14N4O/c1-12-10-13(7-8-17-12)19-16(21)6-5-14-11-18-15-4-2-3-9-20(14)15/h2-11H,1H3,(H,17,19,21)/b6-5+. The van der Waals surface area contributed by atoms with Crippen molar-refractivity contribution in [2.24, 2.45) is 0 Å². The first-order valence-corrected chi connectivity index (χ1v) is 6.56. The Morgan fingerprint density at radius 3 is 3.05 bits per heavy atom. The van der Waals surface area contributed by atoms with Crippen molar-refractivity contribution in [3.63, 3.8) is 0 Å². The molecule has 0 aliphatic carbocycles. The second-order valence-corrected chi connectivity index (χ2v) is 4.62. The molecule has 0 spiro atoms. The van der Waals surface area contributed by atoms with E-state index in [2.05, 4.69) is 15.3 Å². The van der Waals surface area contributed by atoms with E-state index in [1.807, 2.05) is 41.8 Å². The number of fused-ring (bicyclic) bond motifs is 1. The van der Waals surface area contributed by atoms with Crippen molar-refractivity contribution in [3.8, 4) is 0 Å². The molecule has 0 saturated carbocycles. The zero-order chi connectivity index (χ0) is 14.7. The molecule has 0 aliphatic rings. The molecule has 5 nitrogen and oxygen atoms in total. The average Bonchev–Trinajstić information content (AvgIpc) is 2.88. The molecule has 0 atom stereocenters. The van der Waals surface area contributed by atoms with E-state index in [0.29, 0.717) is 0 Å². The summed E-state index contributed by atoms with van der Waals surface area (Å²) < 4.78 is 1.92. The number of carbonyl (C=O) groups excluding carboxylic acids is 1. The Labute approximate surface area is 122 Å². The fourth-order valence-corrected chi connectivity index (χ4v) is 2.04. The van der Waals surface area contributed by atoms with Gasteiger partial charge in [-0.15, -0.1) is 0 Å². The fraction of sp³-hybridized carbons (Fsp3) is 0.0625. The van der Waals surface area contributed by atoms with Crippen molar-refractivity contribution in [3.05, 3.63) is 66.4 Å². The first-order chi connectivity index (χ1) is 10.2. The molecular formula is C16H14N4O. The molecule has 1 amide bonds. The lowest BCUT2D eigenvalue weighted by Crippen LogP contribution is -2.08. The van der Waals surface area contributed by atoms with Gasteiger partial charge in [0.05, 0.1) is 11.9 Å². The normalized spacial score (nSPS) is 11.1. The molecule has 3 heterocycles. The second-order valence-electron chi connectivity index (χ2n) is 4.62. The topological polar surface area (TPSA) is 59.3 Å². The van der Waals surface area contributed by atoms with Crippen LogP contribution in [0.3, 0.4) is 0 Å². The number of rotatable bonds is 3. The number of aryl methyl sites for hydroxylation is 1. The van der Waals surface area contributed by atoms with Gasteiger partial charge in [0.1, 0.15) is 5.65 Å². The lowest BCUT2D eigenvalue weighted by molar-refractivity contribution is -0.111. The van der Waals surface area contributed by atoms with Gasteiger partial charge in [0.2, 0.25) is 5.91 Å². The smallest absolute Gasteiger partial charge is 0.248 e. The van der Waals surface area contributed by atoms with E-state index in [9.17, 15) is 4.79 Å². The SMILES string of the molecule is Cc1cc(NC(=O)/C=C/c2cnc3ccccn23)ccn1. The Hall–Kier alpha value is -2.95. The van der Waals surface area contributed by atoms with Gasteiger partial charge in [-0.25, -0.2) is 4.98 Å². The zero-order valence-electron chi connectivity index (χ0n) is 11.5. The van der Waals surface area contributed by atoms with Gasteiger partial charge in [0.25, 0.3) is 0 Å². The van der Waals surface area contributed by atoms with Crippen molar-refractivity contribution >= 4 is 23.3 Å². The number of imidazole rings is 1. The maximum Gasteiger partial charge on any atom is 0.248 e. The van der Waals surface area contributed by atoms with Gasteiger partial charge in [0, 0.05) is 29.9 Å². The summed E-state index contributed by atoms with van der Waals surface area (Å²) in [6.07, 6.45) is 8.54. The van der Waals surface area contributed by atoms with Gasteiger partial charge in [-0.2, -0.15) is 0 Å². The number of pyridine rings is 2. The summed E-state index contributed by atoms with van der Waals surface area (Å²) in [6.45, 7) is 1.88. The minimum atomic E-state index is -0.188. The van der Waals surface area contributed by atoms with Gasteiger partial charge in [-0.05, 0) is 37.3 Å². The molecular weight excluding hydrogens is 264 g/mol. The summed E-state index contributed by atoms with van der Waals surface area (Å²) in [5.74, 6) is -0.188. The van der Waals surface area contributed by atoms with Crippen LogP contribution in [0, 0.1) is 6.92 Å². The largest absolute Gasteiger partial charge is 0.322 e. The predicted octanol–water partition coefficient (Wildman–Crippen LogP) is 2.69. The van der Waals surface area contributed by atoms with E-state index in [4.69, 9.17) is 0 Å². The highest BCUT2D eigenvalue weighted by atomic mass is 16.1. The number of carbonyl (C=O) groups is 1. The first-order valence-electron chi connectivity index (χ1n) is 6.56. The van der Waals surface area contributed by atoms with Crippen molar-refractivity contribution in [2.75, 3.05) is 5.32 Å². The summed E-state index contributed by atoms with van der Waals surface area (Å²) in [5.41, 5.74) is 3.29. The first kappa shape index (κ1) is 13.1. The van der Waals surface area contributed by atoms with E-state index < -0.39 is 0 Å². The van der Waals surface area contributed by atoms with E-state index >= 15 is 0 Å². The second kappa shape index (κ2) is 5.58. The predicted molar refractivity (Wildman–Crippen MR) is 81.8 cm³/mol. The number of anilines is 1. The van der Waals surface area contributed by atoms with Gasteiger partial charge < -0.3 is 9.72 Å². The van der Waals surface area contributed by atoms with Crippen molar-refractivity contribution < 1.29 is 4.79 Å². The summed E-state index contributed by atoms with van der Waals surface area (Å²) in [7, 11) is 0. The van der Waals surface area contributed by atoms with Crippen LogP contribution in [0.4, 0.5) is 5.69 Å². The van der Waals surface area contributed by atoms with E-state index in [0.717, 1.165) is 22.7 Å². The van der Waals surface area contributed by atoms with Crippen LogP contribution in [0.5, 0.6) is 0 Å². The van der Waals surface area contributed by atoms with Gasteiger partial charge in [-0.1, -0.05) is 6.07 Å². The van der Waals surface area contributed by atoms with Crippen LogP contribution < -0.4 is 5.32 Å². The minimum absolute atomic E-state index is 0.188. The van der Waals surface area contributed by atoms with Crippen molar-refractivity contribution in [2.45, 2.75) is 6.92 Å². The molecule has 0 radical (unpaired) electrons. The van der Waals surface area contributed by atoms with Crippen LogP contribution >= 0.6 is 0 Å². The number of hydrogen-bond donors (Lipinski definition) is 1. The molecule has 0 aromatic carbocycles. The third-order valence-electron chi connectivity index (χ3n) is 3.02. The van der Waals surface area contributed by atoms with Crippen molar-refractivity contribution in [1.82, 2.24) is 14.4 Å². The van der Waals surface area contributed by atoms with Gasteiger partial charge in [0.15, 0.2) is 0 Å². The number of aromatic nitrogens is 3. The molecule has 0 fully saturated rings. The lowest BCUT2D eigenvalue weighted by Gasteiger charge is -2.02. The number of amides is 1. The van der Waals surface area contributed by atoms with Crippen LogP contribution in [0.2, 0.25) is 0 Å². The molecule has 1 N–H and O–H groups in total. The summed E-state index contributed by atoms with van der Waals surface area (Å²) in [6, 6.07) is 9.34. The third kappa shape index (κ3) is 2.97. The quantitative estimate of drug-likeness (QED) is 0.749.